The van der Waals surface area contributed by atoms with Gasteiger partial charge in [0.15, 0.2) is 11.2 Å². The van der Waals surface area contributed by atoms with Gasteiger partial charge in [0.1, 0.15) is 24.4 Å². The van der Waals surface area contributed by atoms with Gasteiger partial charge in [-0.05, 0) is 30.5 Å². The maximum Gasteiger partial charge on any atom is 0.261 e. The van der Waals surface area contributed by atoms with E-state index in [4.69, 9.17) is 4.74 Å². The molecule has 5 heterocycles. The Morgan fingerprint density at radius 3 is 2.76 bits per heavy atom. The molecule has 144 valence electrons. The highest BCUT2D eigenvalue weighted by molar-refractivity contribution is 5.91. The highest BCUT2D eigenvalue weighted by Crippen LogP contribution is 2.47. The lowest BCUT2D eigenvalue weighted by atomic mass is 9.92. The number of fused-ring (bicyclic) bond motifs is 2. The van der Waals surface area contributed by atoms with Crippen molar-refractivity contribution in [3.05, 3.63) is 59.9 Å². The maximum absolute atomic E-state index is 13.4. The molecule has 2 atom stereocenters. The zero-order valence-corrected chi connectivity index (χ0v) is 15.6. The summed E-state index contributed by atoms with van der Waals surface area (Å²) >= 11 is 0. The molecule has 1 amide bonds. The lowest BCUT2D eigenvalue weighted by molar-refractivity contribution is -0.140. The first kappa shape index (κ1) is 16.5. The third-order valence-corrected chi connectivity index (χ3v) is 6.25. The summed E-state index contributed by atoms with van der Waals surface area (Å²) < 4.78 is 7.95. The van der Waals surface area contributed by atoms with Gasteiger partial charge in [-0.3, -0.25) is 4.79 Å². The summed E-state index contributed by atoms with van der Waals surface area (Å²) in [5, 5.41) is 13.5. The van der Waals surface area contributed by atoms with Crippen LogP contribution in [-0.4, -0.2) is 50.3 Å². The fraction of sp³-hybridized carbons (Fsp3) is 0.333. The third-order valence-electron chi connectivity index (χ3n) is 6.25. The number of hydrogen-bond acceptors (Lipinski definition) is 6. The predicted molar refractivity (Wildman–Crippen MR) is 103 cm³/mol. The molecule has 3 fully saturated rings. The van der Waals surface area contributed by atoms with Gasteiger partial charge in [0.25, 0.3) is 5.91 Å². The zero-order chi connectivity index (χ0) is 19.6. The zero-order valence-electron chi connectivity index (χ0n) is 15.6. The molecule has 8 heteroatoms. The molecule has 8 nitrogen and oxygen atoms in total. The van der Waals surface area contributed by atoms with Crippen LogP contribution in [0.3, 0.4) is 0 Å². The molecule has 1 spiro atoms. The van der Waals surface area contributed by atoms with Gasteiger partial charge in [-0.2, -0.15) is 14.9 Å². The van der Waals surface area contributed by atoms with E-state index in [0.717, 1.165) is 24.2 Å². The molecule has 2 aromatic heterocycles. The molecule has 0 saturated carbocycles. The first-order valence-electron chi connectivity index (χ1n) is 9.73. The van der Waals surface area contributed by atoms with Crippen LogP contribution in [0.15, 0.2) is 48.8 Å². The summed E-state index contributed by atoms with van der Waals surface area (Å²) in [6, 6.07) is 16.0. The molecule has 0 bridgehead atoms. The van der Waals surface area contributed by atoms with E-state index in [9.17, 15) is 10.1 Å². The second kappa shape index (κ2) is 5.78. The van der Waals surface area contributed by atoms with Crippen LogP contribution in [0, 0.1) is 11.3 Å². The average molecular weight is 386 g/mol. The average Bonchev–Trinajstić information content (AvgIpc) is 3.42. The van der Waals surface area contributed by atoms with Crippen LogP contribution in [0.1, 0.15) is 30.0 Å². The van der Waals surface area contributed by atoms with E-state index < -0.39 is 5.60 Å². The Morgan fingerprint density at radius 1 is 1.14 bits per heavy atom. The van der Waals surface area contributed by atoms with Gasteiger partial charge in [-0.1, -0.05) is 30.3 Å². The van der Waals surface area contributed by atoms with Gasteiger partial charge < -0.3 is 14.5 Å². The number of aromatic nitrogens is 3. The Balaban J connectivity index is 1.27. The van der Waals surface area contributed by atoms with Gasteiger partial charge >= 0.3 is 0 Å². The number of hydrogen-bond donors (Lipinski definition) is 0. The molecule has 0 N–H and O–H groups in total. The van der Waals surface area contributed by atoms with Crippen LogP contribution >= 0.6 is 0 Å². The van der Waals surface area contributed by atoms with Crippen molar-refractivity contribution in [1.29, 1.82) is 5.26 Å². The van der Waals surface area contributed by atoms with Crippen molar-refractivity contribution in [3.63, 3.8) is 0 Å². The number of carbonyl (C=O) groups excluding carboxylic acids is 1. The molecule has 0 aliphatic carbocycles. The topological polar surface area (TPSA) is 86.8 Å². The summed E-state index contributed by atoms with van der Waals surface area (Å²) in [5.41, 5.74) is 1.37. The third kappa shape index (κ3) is 2.19. The normalized spacial score (nSPS) is 24.7. The number of amides is 1. The lowest BCUT2D eigenvalue weighted by Gasteiger charge is -2.46. The molecule has 29 heavy (non-hydrogen) atoms. The van der Waals surface area contributed by atoms with Gasteiger partial charge in [0, 0.05) is 0 Å². The minimum absolute atomic E-state index is 0.0774. The number of pyridine rings is 1. The monoisotopic (exact) mass is 386 g/mol. The van der Waals surface area contributed by atoms with Gasteiger partial charge in [0.2, 0.25) is 0 Å². The molecule has 3 saturated heterocycles. The standard InChI is InChI=1S/C21H18N6O2/c22-10-15-6-8-17(27-19(15)23-13-24-27)25-11-21(12-25)20(28)26-16(7-9-18(26)29-21)14-4-2-1-3-5-14/h1-6,8,13,16,18H,7,9,11-12H2. The van der Waals surface area contributed by atoms with E-state index in [0.29, 0.717) is 24.3 Å². The van der Waals surface area contributed by atoms with Gasteiger partial charge in [0.05, 0.1) is 24.7 Å². The Morgan fingerprint density at radius 2 is 1.97 bits per heavy atom. The molecule has 0 radical (unpaired) electrons. The lowest BCUT2D eigenvalue weighted by Crippen LogP contribution is -2.67. The Bertz CT molecular complexity index is 1160. The Kier molecular flexibility index (Phi) is 3.29. The molecule has 1 aromatic carbocycles. The smallest absolute Gasteiger partial charge is 0.261 e. The highest BCUT2D eigenvalue weighted by atomic mass is 16.6. The molecule has 2 unspecified atom stereocenters. The Labute approximate surface area is 166 Å². The van der Waals surface area contributed by atoms with E-state index in [1.807, 2.05) is 29.2 Å². The van der Waals surface area contributed by atoms with E-state index in [1.54, 1.807) is 10.6 Å². The Hall–Kier alpha value is -3.44. The van der Waals surface area contributed by atoms with Crippen molar-refractivity contribution >= 4 is 17.4 Å². The molecule has 3 aliphatic rings. The van der Waals surface area contributed by atoms with Crippen molar-refractivity contribution in [2.24, 2.45) is 0 Å². The fourth-order valence-electron chi connectivity index (χ4n) is 4.88. The number of nitriles is 1. The fourth-order valence-corrected chi connectivity index (χ4v) is 4.88. The first-order valence-corrected chi connectivity index (χ1v) is 9.73. The molecule has 6 rings (SSSR count). The van der Waals surface area contributed by atoms with Crippen LogP contribution in [0.25, 0.3) is 5.65 Å². The second-order valence-electron chi connectivity index (χ2n) is 7.85. The highest BCUT2D eigenvalue weighted by Gasteiger charge is 2.63. The van der Waals surface area contributed by atoms with Gasteiger partial charge in [-0.25, -0.2) is 4.98 Å². The van der Waals surface area contributed by atoms with E-state index in [1.165, 1.54) is 6.33 Å². The minimum atomic E-state index is -0.793. The number of rotatable bonds is 2. The first-order chi connectivity index (χ1) is 14.2. The molecular formula is C21H18N6O2. The number of benzene rings is 1. The maximum atomic E-state index is 13.4. The van der Waals surface area contributed by atoms with Crippen molar-refractivity contribution < 1.29 is 9.53 Å². The van der Waals surface area contributed by atoms with Crippen LogP contribution in [-0.2, 0) is 9.53 Å². The van der Waals surface area contributed by atoms with E-state index in [-0.39, 0.29) is 18.2 Å². The van der Waals surface area contributed by atoms with Crippen molar-refractivity contribution in [1.82, 2.24) is 19.5 Å². The van der Waals surface area contributed by atoms with Crippen molar-refractivity contribution in [3.8, 4) is 6.07 Å². The summed E-state index contributed by atoms with van der Waals surface area (Å²) in [6.07, 6.45) is 3.07. The van der Waals surface area contributed by atoms with Crippen LogP contribution in [0.4, 0.5) is 5.82 Å². The van der Waals surface area contributed by atoms with Gasteiger partial charge in [-0.15, -0.1) is 0 Å². The molecular weight excluding hydrogens is 368 g/mol. The van der Waals surface area contributed by atoms with Crippen molar-refractivity contribution in [2.45, 2.75) is 30.7 Å². The van der Waals surface area contributed by atoms with Crippen LogP contribution in [0.2, 0.25) is 0 Å². The summed E-state index contributed by atoms with van der Waals surface area (Å²) in [4.78, 5) is 21.5. The summed E-state index contributed by atoms with van der Waals surface area (Å²) in [6.45, 7) is 0.947. The summed E-state index contributed by atoms with van der Waals surface area (Å²) in [5.74, 6) is 0.888. The molecule has 3 aliphatic heterocycles. The second-order valence-corrected chi connectivity index (χ2v) is 7.85. The van der Waals surface area contributed by atoms with Crippen LogP contribution < -0.4 is 4.90 Å². The minimum Gasteiger partial charge on any atom is -0.349 e. The van der Waals surface area contributed by atoms with E-state index in [2.05, 4.69) is 33.2 Å². The van der Waals surface area contributed by atoms with Crippen LogP contribution in [0.5, 0.6) is 0 Å². The van der Waals surface area contributed by atoms with Crippen molar-refractivity contribution in [2.75, 3.05) is 18.0 Å². The SMILES string of the molecule is N#Cc1ccc(N2CC3(C2)OC2CCC(c4ccccc4)N2C3=O)n2ncnc12. The van der Waals surface area contributed by atoms with E-state index >= 15 is 0 Å². The number of nitrogens with zero attached hydrogens (tertiary/aromatic N) is 6. The number of anilines is 1. The predicted octanol–water partition coefficient (Wildman–Crippen LogP) is 1.88. The number of ether oxygens (including phenoxy) is 1. The quantitative estimate of drug-likeness (QED) is 0.668. The number of carbonyl (C=O) groups is 1. The summed E-state index contributed by atoms with van der Waals surface area (Å²) in [7, 11) is 0. The molecule has 3 aromatic rings. The largest absolute Gasteiger partial charge is 0.349 e.